The number of phenolic OH excluding ortho intramolecular Hbond substituents is 1. The van der Waals surface area contributed by atoms with E-state index >= 15 is 0 Å². The molecule has 5 heteroatoms. The molecule has 0 heterocycles. The van der Waals surface area contributed by atoms with Gasteiger partial charge in [0.15, 0.2) is 11.5 Å². The fraction of sp³-hybridized carbons (Fsp3) is 0.200. The van der Waals surface area contributed by atoms with E-state index in [4.69, 9.17) is 16.3 Å². The number of rotatable bonds is 5. The number of phenols is 1. The van der Waals surface area contributed by atoms with Crippen molar-refractivity contribution in [3.63, 3.8) is 0 Å². The molecule has 0 aliphatic heterocycles. The predicted molar refractivity (Wildman–Crippen MR) is 78.0 cm³/mol. The molecule has 2 N–H and O–H groups in total. The average molecular weight is 296 g/mol. The molecular weight excluding hydrogens is 281 g/mol. The van der Waals surface area contributed by atoms with E-state index < -0.39 is 5.82 Å². The summed E-state index contributed by atoms with van der Waals surface area (Å²) >= 11 is 5.62. The fourth-order valence-corrected chi connectivity index (χ4v) is 1.90. The van der Waals surface area contributed by atoms with Crippen LogP contribution in [0.3, 0.4) is 0 Å². The summed E-state index contributed by atoms with van der Waals surface area (Å²) in [6.45, 7) is 2.68. The Bertz CT molecular complexity index is 604. The molecule has 106 valence electrons. The van der Waals surface area contributed by atoms with Gasteiger partial charge in [0.2, 0.25) is 0 Å². The smallest absolute Gasteiger partial charge is 0.162 e. The lowest BCUT2D eigenvalue weighted by molar-refractivity contribution is 0.317. The highest BCUT2D eigenvalue weighted by molar-refractivity contribution is 6.30. The molecule has 20 heavy (non-hydrogen) atoms. The summed E-state index contributed by atoms with van der Waals surface area (Å²) in [5.74, 6) is 0.0503. The van der Waals surface area contributed by atoms with Gasteiger partial charge in [-0.3, -0.25) is 0 Å². The molecule has 0 aliphatic carbocycles. The van der Waals surface area contributed by atoms with Crippen LogP contribution in [0.1, 0.15) is 12.5 Å². The first kappa shape index (κ1) is 14.5. The van der Waals surface area contributed by atoms with E-state index in [1.54, 1.807) is 24.3 Å². The Morgan fingerprint density at radius 1 is 1.30 bits per heavy atom. The van der Waals surface area contributed by atoms with Crippen LogP contribution in [-0.2, 0) is 6.54 Å². The lowest BCUT2D eigenvalue weighted by atomic mass is 10.2. The Morgan fingerprint density at radius 2 is 2.10 bits per heavy atom. The standard InChI is InChI=1S/C15H15ClFNO2/c1-2-20-14-5-3-4-10(15(14)19)9-18-11-6-7-12(16)13(17)8-11/h3-8,18-19H,2,9H2,1H3. The van der Waals surface area contributed by atoms with Crippen LogP contribution >= 0.6 is 11.6 Å². The van der Waals surface area contributed by atoms with E-state index in [1.165, 1.54) is 12.1 Å². The van der Waals surface area contributed by atoms with E-state index in [2.05, 4.69) is 5.32 Å². The molecule has 3 nitrogen and oxygen atoms in total. The second-order valence-electron chi connectivity index (χ2n) is 4.18. The molecule has 0 atom stereocenters. The van der Waals surface area contributed by atoms with Gasteiger partial charge in [-0.1, -0.05) is 23.7 Å². The molecular formula is C15H15ClFNO2. The summed E-state index contributed by atoms with van der Waals surface area (Å²) in [5, 5.41) is 13.1. The van der Waals surface area contributed by atoms with Crippen LogP contribution < -0.4 is 10.1 Å². The Labute approximate surface area is 122 Å². The summed E-state index contributed by atoms with van der Waals surface area (Å²) in [6, 6.07) is 9.74. The Kier molecular flexibility index (Phi) is 4.69. The van der Waals surface area contributed by atoms with Crippen molar-refractivity contribution in [2.45, 2.75) is 13.5 Å². The van der Waals surface area contributed by atoms with E-state index in [0.717, 1.165) is 0 Å². The summed E-state index contributed by atoms with van der Waals surface area (Å²) in [7, 11) is 0. The third-order valence-corrected chi connectivity index (χ3v) is 3.09. The van der Waals surface area contributed by atoms with Crippen molar-refractivity contribution in [1.82, 2.24) is 0 Å². The van der Waals surface area contributed by atoms with E-state index in [9.17, 15) is 9.50 Å². The first-order chi connectivity index (χ1) is 9.61. The van der Waals surface area contributed by atoms with E-state index in [1.807, 2.05) is 6.92 Å². The van der Waals surface area contributed by atoms with E-state index in [-0.39, 0.29) is 10.8 Å². The minimum Gasteiger partial charge on any atom is -0.504 e. The van der Waals surface area contributed by atoms with Crippen molar-refractivity contribution in [3.8, 4) is 11.5 Å². The number of hydrogen-bond donors (Lipinski definition) is 2. The molecule has 0 aliphatic rings. The number of ether oxygens (including phenoxy) is 1. The highest BCUT2D eigenvalue weighted by atomic mass is 35.5. The third kappa shape index (κ3) is 3.33. The van der Waals surface area contributed by atoms with Crippen LogP contribution in [0.2, 0.25) is 5.02 Å². The second kappa shape index (κ2) is 6.48. The topological polar surface area (TPSA) is 41.5 Å². The van der Waals surface area contributed by atoms with Gasteiger partial charge >= 0.3 is 0 Å². The molecule has 0 spiro atoms. The number of benzene rings is 2. The third-order valence-electron chi connectivity index (χ3n) is 2.78. The van der Waals surface area contributed by atoms with Crippen LogP contribution in [0.5, 0.6) is 11.5 Å². The molecule has 0 radical (unpaired) electrons. The number of nitrogens with one attached hydrogen (secondary N) is 1. The van der Waals surface area contributed by atoms with Gasteiger partial charge in [-0.25, -0.2) is 4.39 Å². The fourth-order valence-electron chi connectivity index (χ4n) is 1.79. The zero-order valence-corrected chi connectivity index (χ0v) is 11.7. The summed E-state index contributed by atoms with van der Waals surface area (Å²) in [4.78, 5) is 0. The predicted octanol–water partition coefficient (Wildman–Crippen LogP) is 4.20. The molecule has 0 bridgehead atoms. The van der Waals surface area contributed by atoms with Gasteiger partial charge in [0.05, 0.1) is 11.6 Å². The maximum absolute atomic E-state index is 13.3. The van der Waals surface area contributed by atoms with E-state index in [0.29, 0.717) is 30.2 Å². The number of anilines is 1. The molecule has 0 aromatic heterocycles. The molecule has 2 rings (SSSR count). The van der Waals surface area contributed by atoms with Crippen LogP contribution in [0.15, 0.2) is 36.4 Å². The lowest BCUT2D eigenvalue weighted by Gasteiger charge is -2.11. The summed E-state index contributed by atoms with van der Waals surface area (Å²) in [6.07, 6.45) is 0. The Hall–Kier alpha value is -1.94. The monoisotopic (exact) mass is 295 g/mol. The Balaban J connectivity index is 2.10. The molecule has 0 amide bonds. The number of halogens is 2. The van der Waals surface area contributed by atoms with Crippen molar-refractivity contribution in [2.75, 3.05) is 11.9 Å². The molecule has 2 aromatic rings. The SMILES string of the molecule is CCOc1cccc(CNc2ccc(Cl)c(F)c2)c1O. The minimum atomic E-state index is -0.482. The van der Waals surface area contributed by atoms with Gasteiger partial charge in [0.25, 0.3) is 0 Å². The zero-order valence-electron chi connectivity index (χ0n) is 11.0. The number of para-hydroxylation sites is 1. The van der Waals surface area contributed by atoms with Gasteiger partial charge in [0, 0.05) is 17.8 Å². The van der Waals surface area contributed by atoms with Gasteiger partial charge in [0.1, 0.15) is 5.82 Å². The number of aromatic hydroxyl groups is 1. The first-order valence-corrected chi connectivity index (χ1v) is 6.62. The first-order valence-electron chi connectivity index (χ1n) is 6.24. The van der Waals surface area contributed by atoms with Gasteiger partial charge in [-0.15, -0.1) is 0 Å². The van der Waals surface area contributed by atoms with Gasteiger partial charge < -0.3 is 15.2 Å². The Morgan fingerprint density at radius 3 is 2.80 bits per heavy atom. The van der Waals surface area contributed by atoms with Crippen molar-refractivity contribution < 1.29 is 14.2 Å². The van der Waals surface area contributed by atoms with Crippen molar-refractivity contribution in [1.29, 1.82) is 0 Å². The maximum atomic E-state index is 13.3. The summed E-state index contributed by atoms with van der Waals surface area (Å²) in [5.41, 5.74) is 1.26. The molecule has 0 fully saturated rings. The lowest BCUT2D eigenvalue weighted by Crippen LogP contribution is -2.01. The van der Waals surface area contributed by atoms with Crippen LogP contribution in [0, 0.1) is 5.82 Å². The largest absolute Gasteiger partial charge is 0.504 e. The average Bonchev–Trinajstić information content (AvgIpc) is 2.44. The highest BCUT2D eigenvalue weighted by Crippen LogP contribution is 2.30. The quantitative estimate of drug-likeness (QED) is 0.869. The number of hydrogen-bond acceptors (Lipinski definition) is 3. The molecule has 0 saturated heterocycles. The molecule has 2 aromatic carbocycles. The summed E-state index contributed by atoms with van der Waals surface area (Å²) < 4.78 is 18.6. The van der Waals surface area contributed by atoms with Crippen molar-refractivity contribution in [3.05, 3.63) is 52.8 Å². The molecule has 0 unspecified atom stereocenters. The van der Waals surface area contributed by atoms with Crippen LogP contribution in [0.25, 0.3) is 0 Å². The molecule has 0 saturated carbocycles. The van der Waals surface area contributed by atoms with Crippen LogP contribution in [-0.4, -0.2) is 11.7 Å². The minimum absolute atomic E-state index is 0.0803. The second-order valence-corrected chi connectivity index (χ2v) is 4.59. The van der Waals surface area contributed by atoms with Gasteiger partial charge in [-0.2, -0.15) is 0 Å². The maximum Gasteiger partial charge on any atom is 0.162 e. The van der Waals surface area contributed by atoms with Crippen molar-refractivity contribution >= 4 is 17.3 Å². The van der Waals surface area contributed by atoms with Crippen LogP contribution in [0.4, 0.5) is 10.1 Å². The van der Waals surface area contributed by atoms with Gasteiger partial charge in [-0.05, 0) is 31.2 Å². The van der Waals surface area contributed by atoms with Crippen molar-refractivity contribution in [2.24, 2.45) is 0 Å². The zero-order chi connectivity index (χ0) is 14.5. The highest BCUT2D eigenvalue weighted by Gasteiger charge is 2.08. The normalized spacial score (nSPS) is 10.3.